The lowest BCUT2D eigenvalue weighted by Gasteiger charge is -2.00. The molecule has 2 aromatic rings. The summed E-state index contributed by atoms with van der Waals surface area (Å²) >= 11 is 5.93. The molecular formula is C11H12ClN3O. The van der Waals surface area contributed by atoms with Crippen LogP contribution in [0.1, 0.15) is 11.5 Å². The maximum atomic E-state index is 5.93. The lowest BCUT2D eigenvalue weighted by atomic mass is 10.1. The summed E-state index contributed by atoms with van der Waals surface area (Å²) in [6, 6.07) is 5.59. The van der Waals surface area contributed by atoms with Gasteiger partial charge < -0.3 is 10.3 Å². The fourth-order valence-corrected chi connectivity index (χ4v) is 1.60. The van der Waals surface area contributed by atoms with Gasteiger partial charge in [-0.15, -0.1) is 0 Å². The van der Waals surface area contributed by atoms with Gasteiger partial charge in [0.1, 0.15) is 0 Å². The molecule has 0 radical (unpaired) electrons. The van der Waals surface area contributed by atoms with Gasteiger partial charge in [0.25, 0.3) is 0 Å². The lowest BCUT2D eigenvalue weighted by Crippen LogP contribution is -2.02. The summed E-state index contributed by atoms with van der Waals surface area (Å²) in [5, 5.41) is 4.56. The molecular weight excluding hydrogens is 226 g/mol. The maximum absolute atomic E-state index is 5.93. The fourth-order valence-electron chi connectivity index (χ4n) is 1.42. The normalized spacial score (nSPS) is 10.7. The van der Waals surface area contributed by atoms with Gasteiger partial charge in [-0.2, -0.15) is 4.98 Å². The van der Waals surface area contributed by atoms with Gasteiger partial charge in [-0.05, 0) is 24.6 Å². The molecule has 4 nitrogen and oxygen atoms in total. The molecule has 0 bridgehead atoms. The predicted octanol–water partition coefficient (Wildman–Crippen LogP) is 2.20. The number of nitrogens with zero attached hydrogens (tertiary/aromatic N) is 2. The number of hydrogen-bond donors (Lipinski definition) is 1. The summed E-state index contributed by atoms with van der Waals surface area (Å²) < 4.78 is 5.07. The molecule has 0 amide bonds. The summed E-state index contributed by atoms with van der Waals surface area (Å²) in [7, 11) is 0. The minimum atomic E-state index is 0.496. The van der Waals surface area contributed by atoms with Gasteiger partial charge in [-0.1, -0.05) is 22.8 Å². The fraction of sp³-hybridized carbons (Fsp3) is 0.273. The molecule has 0 fully saturated rings. The average Bonchev–Trinajstić information content (AvgIpc) is 2.71. The minimum Gasteiger partial charge on any atom is -0.339 e. The Bertz CT molecular complexity index is 496. The van der Waals surface area contributed by atoms with Crippen LogP contribution in [-0.2, 0) is 6.42 Å². The zero-order valence-corrected chi connectivity index (χ0v) is 9.66. The van der Waals surface area contributed by atoms with Crippen LogP contribution in [0.25, 0.3) is 11.4 Å². The third kappa shape index (κ3) is 2.23. The van der Waals surface area contributed by atoms with E-state index in [9.17, 15) is 0 Å². The van der Waals surface area contributed by atoms with Gasteiger partial charge >= 0.3 is 0 Å². The molecule has 16 heavy (non-hydrogen) atoms. The molecule has 0 aliphatic heterocycles. The Morgan fingerprint density at radius 3 is 3.00 bits per heavy atom. The van der Waals surface area contributed by atoms with Crippen molar-refractivity contribution < 1.29 is 4.52 Å². The minimum absolute atomic E-state index is 0.496. The zero-order valence-electron chi connectivity index (χ0n) is 8.90. The molecule has 0 atom stereocenters. The Morgan fingerprint density at radius 2 is 2.25 bits per heavy atom. The highest BCUT2D eigenvalue weighted by atomic mass is 35.5. The van der Waals surface area contributed by atoms with E-state index in [1.54, 1.807) is 0 Å². The topological polar surface area (TPSA) is 64.9 Å². The van der Waals surface area contributed by atoms with E-state index in [0.717, 1.165) is 11.1 Å². The van der Waals surface area contributed by atoms with Crippen molar-refractivity contribution in [2.24, 2.45) is 5.73 Å². The van der Waals surface area contributed by atoms with Crippen LogP contribution in [0.15, 0.2) is 22.7 Å². The van der Waals surface area contributed by atoms with E-state index >= 15 is 0 Å². The van der Waals surface area contributed by atoms with Gasteiger partial charge in [-0.3, -0.25) is 0 Å². The van der Waals surface area contributed by atoms with E-state index < -0.39 is 0 Å². The quantitative estimate of drug-likeness (QED) is 0.889. The number of hydrogen-bond acceptors (Lipinski definition) is 4. The number of aryl methyl sites for hydroxylation is 1. The number of aromatic nitrogens is 2. The van der Waals surface area contributed by atoms with Crippen LogP contribution in [-0.4, -0.2) is 16.7 Å². The van der Waals surface area contributed by atoms with E-state index in [-0.39, 0.29) is 0 Å². The van der Waals surface area contributed by atoms with Crippen LogP contribution in [0.2, 0.25) is 5.02 Å². The maximum Gasteiger partial charge on any atom is 0.228 e. The van der Waals surface area contributed by atoms with Crippen LogP contribution in [0.4, 0.5) is 0 Å². The Labute approximate surface area is 98.4 Å². The summed E-state index contributed by atoms with van der Waals surface area (Å²) in [6.45, 7) is 2.47. The van der Waals surface area contributed by atoms with E-state index in [4.69, 9.17) is 21.9 Å². The molecule has 2 N–H and O–H groups in total. The predicted molar refractivity (Wildman–Crippen MR) is 62.2 cm³/mol. The van der Waals surface area contributed by atoms with Crippen LogP contribution in [0.5, 0.6) is 0 Å². The second-order valence-corrected chi connectivity index (χ2v) is 3.95. The molecule has 0 aliphatic carbocycles. The molecule has 1 aromatic carbocycles. The van der Waals surface area contributed by atoms with Crippen LogP contribution in [0.3, 0.4) is 0 Å². The Hall–Kier alpha value is -1.39. The summed E-state index contributed by atoms with van der Waals surface area (Å²) in [5.41, 5.74) is 7.36. The molecule has 5 heteroatoms. The highest BCUT2D eigenvalue weighted by Gasteiger charge is 2.10. The van der Waals surface area contributed by atoms with E-state index in [1.807, 2.05) is 25.1 Å². The molecule has 0 saturated carbocycles. The van der Waals surface area contributed by atoms with Crippen molar-refractivity contribution in [2.45, 2.75) is 13.3 Å². The molecule has 1 aromatic heterocycles. The second kappa shape index (κ2) is 4.63. The third-order valence-corrected chi connectivity index (χ3v) is 2.50. The van der Waals surface area contributed by atoms with Crippen molar-refractivity contribution in [1.29, 1.82) is 0 Å². The van der Waals surface area contributed by atoms with Crippen molar-refractivity contribution in [1.82, 2.24) is 10.1 Å². The molecule has 0 saturated heterocycles. The highest BCUT2D eigenvalue weighted by Crippen LogP contribution is 2.24. The van der Waals surface area contributed by atoms with E-state index in [2.05, 4.69) is 10.1 Å². The smallest absolute Gasteiger partial charge is 0.228 e. The molecule has 0 unspecified atom stereocenters. The second-order valence-electron chi connectivity index (χ2n) is 3.51. The highest BCUT2D eigenvalue weighted by molar-refractivity contribution is 6.30. The van der Waals surface area contributed by atoms with Crippen molar-refractivity contribution >= 4 is 11.6 Å². The summed E-state index contributed by atoms with van der Waals surface area (Å²) in [6.07, 6.45) is 0.590. The molecule has 84 valence electrons. The lowest BCUT2D eigenvalue weighted by molar-refractivity contribution is 0.380. The summed E-state index contributed by atoms with van der Waals surface area (Å²) in [4.78, 5) is 4.26. The third-order valence-electron chi connectivity index (χ3n) is 2.27. The van der Waals surface area contributed by atoms with Crippen molar-refractivity contribution in [3.8, 4) is 11.4 Å². The average molecular weight is 238 g/mol. The molecule has 0 aliphatic rings. The first-order chi connectivity index (χ1) is 7.70. The van der Waals surface area contributed by atoms with Crippen molar-refractivity contribution in [2.75, 3.05) is 6.54 Å². The first-order valence-corrected chi connectivity index (χ1v) is 5.37. The Balaban J connectivity index is 2.38. The zero-order chi connectivity index (χ0) is 11.5. The first kappa shape index (κ1) is 11.1. The monoisotopic (exact) mass is 237 g/mol. The van der Waals surface area contributed by atoms with Crippen LogP contribution >= 0.6 is 11.6 Å². The first-order valence-electron chi connectivity index (χ1n) is 5.00. The van der Waals surface area contributed by atoms with Gasteiger partial charge in [0.15, 0.2) is 0 Å². The molecule has 2 rings (SSSR count). The number of nitrogens with two attached hydrogens (primary N) is 1. The number of rotatable bonds is 3. The SMILES string of the molecule is Cc1ccc(Cl)cc1-c1noc(CCN)n1. The van der Waals surface area contributed by atoms with Gasteiger partial charge in [0.05, 0.1) is 0 Å². The number of halogens is 1. The van der Waals surface area contributed by atoms with E-state index in [0.29, 0.717) is 29.7 Å². The van der Waals surface area contributed by atoms with Gasteiger partial charge in [0.2, 0.25) is 11.7 Å². The summed E-state index contributed by atoms with van der Waals surface area (Å²) in [5.74, 6) is 1.11. The van der Waals surface area contributed by atoms with E-state index in [1.165, 1.54) is 0 Å². The standard InChI is InChI=1S/C11H12ClN3O/c1-7-2-3-8(12)6-9(7)11-14-10(4-5-13)16-15-11/h2-3,6H,4-5,13H2,1H3. The molecule has 0 spiro atoms. The van der Waals surface area contributed by atoms with Gasteiger partial charge in [-0.25, -0.2) is 0 Å². The Kier molecular flexibility index (Phi) is 3.22. The largest absolute Gasteiger partial charge is 0.339 e. The number of benzene rings is 1. The van der Waals surface area contributed by atoms with Gasteiger partial charge in [0, 0.05) is 23.6 Å². The van der Waals surface area contributed by atoms with Crippen LogP contribution in [0, 0.1) is 6.92 Å². The molecule has 1 heterocycles. The van der Waals surface area contributed by atoms with Crippen LogP contribution < -0.4 is 5.73 Å². The Morgan fingerprint density at radius 1 is 1.44 bits per heavy atom. The van der Waals surface area contributed by atoms with Crippen molar-refractivity contribution in [3.05, 3.63) is 34.7 Å². The van der Waals surface area contributed by atoms with Crippen molar-refractivity contribution in [3.63, 3.8) is 0 Å².